The lowest BCUT2D eigenvalue weighted by Crippen LogP contribution is -2.37. The van der Waals surface area contributed by atoms with Crippen molar-refractivity contribution < 1.29 is 8.42 Å². The van der Waals surface area contributed by atoms with Gasteiger partial charge in [0.05, 0.1) is 11.5 Å². The number of hydrogen-bond acceptors (Lipinski definition) is 4. The molecule has 0 aromatic heterocycles. The topological polar surface area (TPSA) is 46.2 Å². The Hall–Kier alpha value is 0.260. The van der Waals surface area contributed by atoms with Crippen LogP contribution in [0.5, 0.6) is 0 Å². The highest BCUT2D eigenvalue weighted by Crippen LogP contribution is 2.13. The van der Waals surface area contributed by atoms with Gasteiger partial charge in [0, 0.05) is 12.1 Å². The Morgan fingerprint density at radius 2 is 2.27 bits per heavy atom. The Balaban J connectivity index is 2.19. The summed E-state index contributed by atoms with van der Waals surface area (Å²) in [6.07, 6.45) is 1.91. The Bertz CT molecular complexity index is 277. The minimum Gasteiger partial charge on any atom is -0.310 e. The lowest BCUT2D eigenvalue weighted by Gasteiger charge is -2.17. The molecular formula is C10H21NO2S2. The number of rotatable bonds is 6. The Morgan fingerprint density at radius 3 is 2.80 bits per heavy atom. The van der Waals surface area contributed by atoms with Crippen molar-refractivity contribution in [2.24, 2.45) is 0 Å². The average molecular weight is 251 g/mol. The summed E-state index contributed by atoms with van der Waals surface area (Å²) in [5.41, 5.74) is 0. The molecule has 1 aliphatic rings. The summed E-state index contributed by atoms with van der Waals surface area (Å²) >= 11 is 1.94. The molecule has 0 aliphatic carbocycles. The quantitative estimate of drug-likeness (QED) is 0.723. The fraction of sp³-hybridized carbons (Fsp3) is 1.00. The highest BCUT2D eigenvalue weighted by molar-refractivity contribution is 7.99. The molecule has 0 saturated carbocycles. The monoisotopic (exact) mass is 251 g/mol. The maximum absolute atomic E-state index is 11.2. The standard InChI is InChI=1S/C10H21NO2S2/c1-3-14-6-4-9(2)11-10-5-7-15(12,13)8-10/h9-11H,3-8H2,1-2H3. The van der Waals surface area contributed by atoms with Gasteiger partial charge in [-0.15, -0.1) is 0 Å². The summed E-state index contributed by atoms with van der Waals surface area (Å²) < 4.78 is 22.5. The molecule has 1 N–H and O–H groups in total. The highest BCUT2D eigenvalue weighted by Gasteiger charge is 2.28. The van der Waals surface area contributed by atoms with Crippen LogP contribution >= 0.6 is 11.8 Å². The predicted octanol–water partition coefficient (Wildman–Crippen LogP) is 1.29. The first kappa shape index (κ1) is 13.3. The van der Waals surface area contributed by atoms with Gasteiger partial charge in [0.1, 0.15) is 0 Å². The zero-order valence-electron chi connectivity index (χ0n) is 9.53. The molecule has 2 unspecified atom stereocenters. The van der Waals surface area contributed by atoms with E-state index in [4.69, 9.17) is 0 Å². The number of sulfone groups is 1. The first-order valence-electron chi connectivity index (χ1n) is 5.57. The van der Waals surface area contributed by atoms with Gasteiger partial charge in [-0.05, 0) is 31.3 Å². The van der Waals surface area contributed by atoms with Crippen LogP contribution < -0.4 is 5.32 Å². The second kappa shape index (κ2) is 6.11. The third-order valence-electron chi connectivity index (χ3n) is 2.65. The van der Waals surface area contributed by atoms with Crippen LogP contribution in [-0.4, -0.2) is 43.5 Å². The molecule has 15 heavy (non-hydrogen) atoms. The normalized spacial score (nSPS) is 26.7. The van der Waals surface area contributed by atoms with Crippen molar-refractivity contribution >= 4 is 21.6 Å². The summed E-state index contributed by atoms with van der Waals surface area (Å²) in [7, 11) is -2.73. The number of hydrogen-bond donors (Lipinski definition) is 1. The molecule has 5 heteroatoms. The molecule has 0 aromatic carbocycles. The molecular weight excluding hydrogens is 230 g/mol. The molecule has 1 fully saturated rings. The van der Waals surface area contributed by atoms with Crippen molar-refractivity contribution in [3.8, 4) is 0 Å². The minimum atomic E-state index is -2.73. The first-order chi connectivity index (χ1) is 7.03. The van der Waals surface area contributed by atoms with E-state index in [0.717, 1.165) is 24.3 Å². The molecule has 1 saturated heterocycles. The van der Waals surface area contributed by atoms with Crippen LogP contribution in [0.3, 0.4) is 0 Å². The first-order valence-corrected chi connectivity index (χ1v) is 8.55. The van der Waals surface area contributed by atoms with Crippen LogP contribution in [0, 0.1) is 0 Å². The van der Waals surface area contributed by atoms with Gasteiger partial charge in [-0.3, -0.25) is 0 Å². The molecule has 0 spiro atoms. The van der Waals surface area contributed by atoms with E-state index in [0.29, 0.717) is 17.5 Å². The maximum Gasteiger partial charge on any atom is 0.151 e. The maximum atomic E-state index is 11.2. The fourth-order valence-corrected chi connectivity index (χ4v) is 4.31. The Kier molecular flexibility index (Phi) is 5.43. The Labute approximate surface area is 97.3 Å². The van der Waals surface area contributed by atoms with Gasteiger partial charge in [-0.1, -0.05) is 6.92 Å². The molecule has 0 bridgehead atoms. The largest absolute Gasteiger partial charge is 0.310 e. The van der Waals surface area contributed by atoms with Gasteiger partial charge in [-0.25, -0.2) is 8.42 Å². The lowest BCUT2D eigenvalue weighted by atomic mass is 10.2. The third kappa shape index (κ3) is 5.22. The van der Waals surface area contributed by atoms with Crippen molar-refractivity contribution in [3.63, 3.8) is 0 Å². The molecule has 2 atom stereocenters. The zero-order chi connectivity index (χ0) is 11.3. The van der Waals surface area contributed by atoms with Crippen molar-refractivity contribution in [2.75, 3.05) is 23.0 Å². The van der Waals surface area contributed by atoms with Crippen LogP contribution in [0.4, 0.5) is 0 Å². The summed E-state index contributed by atoms with van der Waals surface area (Å²) in [5.74, 6) is 3.01. The number of nitrogens with one attached hydrogen (secondary N) is 1. The van der Waals surface area contributed by atoms with Crippen LogP contribution in [0.2, 0.25) is 0 Å². The van der Waals surface area contributed by atoms with Crippen molar-refractivity contribution in [2.45, 2.75) is 38.8 Å². The predicted molar refractivity (Wildman–Crippen MR) is 67.3 cm³/mol. The molecule has 0 radical (unpaired) electrons. The highest BCUT2D eigenvalue weighted by atomic mass is 32.2. The van der Waals surface area contributed by atoms with Gasteiger partial charge in [0.2, 0.25) is 0 Å². The summed E-state index contributed by atoms with van der Waals surface area (Å²) in [6.45, 7) is 4.30. The van der Waals surface area contributed by atoms with Gasteiger partial charge >= 0.3 is 0 Å². The molecule has 1 aliphatic heterocycles. The van der Waals surface area contributed by atoms with E-state index in [9.17, 15) is 8.42 Å². The molecule has 0 amide bonds. The van der Waals surface area contributed by atoms with E-state index in [-0.39, 0.29) is 6.04 Å². The van der Waals surface area contributed by atoms with Crippen molar-refractivity contribution in [1.29, 1.82) is 0 Å². The van der Waals surface area contributed by atoms with E-state index in [1.807, 2.05) is 11.8 Å². The lowest BCUT2D eigenvalue weighted by molar-refractivity contribution is 0.464. The van der Waals surface area contributed by atoms with Gasteiger partial charge in [-0.2, -0.15) is 11.8 Å². The third-order valence-corrected chi connectivity index (χ3v) is 5.35. The zero-order valence-corrected chi connectivity index (χ0v) is 11.2. The van der Waals surface area contributed by atoms with Crippen LogP contribution in [0.1, 0.15) is 26.7 Å². The van der Waals surface area contributed by atoms with E-state index in [1.54, 1.807) is 0 Å². The number of thioether (sulfide) groups is 1. The molecule has 90 valence electrons. The van der Waals surface area contributed by atoms with Crippen LogP contribution in [-0.2, 0) is 9.84 Å². The second-order valence-electron chi connectivity index (χ2n) is 4.15. The van der Waals surface area contributed by atoms with Crippen molar-refractivity contribution in [3.05, 3.63) is 0 Å². The average Bonchev–Trinajstić information content (AvgIpc) is 2.46. The minimum absolute atomic E-state index is 0.191. The van der Waals surface area contributed by atoms with Crippen LogP contribution in [0.25, 0.3) is 0 Å². The van der Waals surface area contributed by atoms with Gasteiger partial charge in [0.15, 0.2) is 9.84 Å². The van der Waals surface area contributed by atoms with Crippen LogP contribution in [0.15, 0.2) is 0 Å². The molecule has 1 heterocycles. The molecule has 0 aromatic rings. The van der Waals surface area contributed by atoms with Gasteiger partial charge < -0.3 is 5.32 Å². The molecule has 1 rings (SSSR count). The summed E-state index contributed by atoms with van der Waals surface area (Å²) in [4.78, 5) is 0. The van der Waals surface area contributed by atoms with E-state index in [1.165, 1.54) is 0 Å². The molecule has 3 nitrogen and oxygen atoms in total. The second-order valence-corrected chi connectivity index (χ2v) is 7.78. The van der Waals surface area contributed by atoms with E-state index >= 15 is 0 Å². The van der Waals surface area contributed by atoms with Gasteiger partial charge in [0.25, 0.3) is 0 Å². The SMILES string of the molecule is CCSCCC(C)NC1CCS(=O)(=O)C1. The fourth-order valence-electron chi connectivity index (χ4n) is 1.82. The van der Waals surface area contributed by atoms with Crippen molar-refractivity contribution in [1.82, 2.24) is 5.32 Å². The smallest absolute Gasteiger partial charge is 0.151 e. The van der Waals surface area contributed by atoms with E-state index < -0.39 is 9.84 Å². The van der Waals surface area contributed by atoms with E-state index in [2.05, 4.69) is 19.2 Å². The summed E-state index contributed by atoms with van der Waals surface area (Å²) in [5, 5.41) is 3.40. The summed E-state index contributed by atoms with van der Waals surface area (Å²) in [6, 6.07) is 0.624. The Morgan fingerprint density at radius 1 is 1.53 bits per heavy atom.